The Morgan fingerprint density at radius 2 is 2.13 bits per heavy atom. The van der Waals surface area contributed by atoms with E-state index in [1.807, 2.05) is 6.07 Å². The highest BCUT2D eigenvalue weighted by Crippen LogP contribution is 2.24. The third kappa shape index (κ3) is 2.49. The summed E-state index contributed by atoms with van der Waals surface area (Å²) in [6, 6.07) is 6.32. The van der Waals surface area contributed by atoms with Gasteiger partial charge in [-0.1, -0.05) is 6.07 Å². The summed E-state index contributed by atoms with van der Waals surface area (Å²) in [7, 11) is 0. The predicted molar refractivity (Wildman–Crippen MR) is 59.2 cm³/mol. The molecule has 1 aliphatic rings. The van der Waals surface area contributed by atoms with Crippen LogP contribution in [0.4, 0.5) is 5.69 Å². The molecule has 0 fully saturated rings. The fraction of sp³-hybridized carbons (Fsp3) is 0.417. The van der Waals surface area contributed by atoms with E-state index in [0.717, 1.165) is 12.1 Å². The van der Waals surface area contributed by atoms with Crippen molar-refractivity contribution in [1.82, 2.24) is 0 Å². The number of hydrogen-bond donors (Lipinski definition) is 2. The summed E-state index contributed by atoms with van der Waals surface area (Å²) in [6.45, 7) is 0.494. The molecule has 0 unspecified atom stereocenters. The molecule has 80 valence electrons. The normalized spacial score (nSPS) is 13.6. The summed E-state index contributed by atoms with van der Waals surface area (Å²) in [5, 5.41) is 11.6. The smallest absolute Gasteiger partial charge is 0.305 e. The average Bonchev–Trinajstić information content (AvgIpc) is 2.64. The number of rotatable bonds is 4. The molecule has 0 spiro atoms. The van der Waals surface area contributed by atoms with Crippen molar-refractivity contribution in [3.8, 4) is 0 Å². The van der Waals surface area contributed by atoms with Crippen molar-refractivity contribution >= 4 is 11.7 Å². The molecule has 0 bridgehead atoms. The van der Waals surface area contributed by atoms with Crippen LogP contribution in [0.5, 0.6) is 0 Å². The molecule has 3 heteroatoms. The summed E-state index contributed by atoms with van der Waals surface area (Å²) >= 11 is 0. The van der Waals surface area contributed by atoms with Crippen molar-refractivity contribution in [3.05, 3.63) is 29.3 Å². The van der Waals surface area contributed by atoms with Crippen LogP contribution in [0, 0.1) is 0 Å². The standard InChI is InChI=1S/C12H15NO2/c14-12(15)6-7-13-11-5-4-9-2-1-3-10(9)8-11/h4-5,8,13H,1-3,6-7H2,(H,14,15). The number of fused-ring (bicyclic) bond motifs is 1. The van der Waals surface area contributed by atoms with E-state index in [-0.39, 0.29) is 6.42 Å². The fourth-order valence-electron chi connectivity index (χ4n) is 2.00. The Hall–Kier alpha value is -1.51. The number of aryl methyl sites for hydroxylation is 2. The van der Waals surface area contributed by atoms with Gasteiger partial charge in [-0.15, -0.1) is 0 Å². The number of anilines is 1. The Bertz CT molecular complexity index is 374. The number of carbonyl (C=O) groups is 1. The molecule has 3 nitrogen and oxygen atoms in total. The Labute approximate surface area is 89.1 Å². The van der Waals surface area contributed by atoms with Crippen LogP contribution in [-0.4, -0.2) is 17.6 Å². The van der Waals surface area contributed by atoms with Crippen LogP contribution >= 0.6 is 0 Å². The summed E-state index contributed by atoms with van der Waals surface area (Å²) in [5.41, 5.74) is 3.89. The maximum absolute atomic E-state index is 10.3. The van der Waals surface area contributed by atoms with Gasteiger partial charge >= 0.3 is 5.97 Å². The molecule has 0 aromatic heterocycles. The van der Waals surface area contributed by atoms with E-state index in [1.54, 1.807) is 0 Å². The molecule has 0 saturated carbocycles. The van der Waals surface area contributed by atoms with Gasteiger partial charge in [0.1, 0.15) is 0 Å². The quantitative estimate of drug-likeness (QED) is 0.791. The number of carboxylic acid groups (broad SMARTS) is 1. The molecule has 1 aliphatic carbocycles. The molecule has 0 amide bonds. The lowest BCUT2D eigenvalue weighted by Crippen LogP contribution is -2.07. The third-order valence-corrected chi connectivity index (χ3v) is 2.77. The van der Waals surface area contributed by atoms with E-state index in [1.165, 1.54) is 24.0 Å². The lowest BCUT2D eigenvalue weighted by Gasteiger charge is -2.06. The highest BCUT2D eigenvalue weighted by atomic mass is 16.4. The van der Waals surface area contributed by atoms with E-state index in [2.05, 4.69) is 17.4 Å². The minimum atomic E-state index is -0.760. The molecule has 15 heavy (non-hydrogen) atoms. The lowest BCUT2D eigenvalue weighted by molar-refractivity contribution is -0.136. The van der Waals surface area contributed by atoms with Crippen molar-refractivity contribution in [2.24, 2.45) is 0 Å². The summed E-state index contributed by atoms with van der Waals surface area (Å²) in [6.07, 6.45) is 3.75. The van der Waals surface area contributed by atoms with Gasteiger partial charge in [-0.05, 0) is 42.5 Å². The molecule has 1 aromatic rings. The Kier molecular flexibility index (Phi) is 2.90. The molecular weight excluding hydrogens is 190 g/mol. The second-order valence-electron chi connectivity index (χ2n) is 3.91. The van der Waals surface area contributed by atoms with Gasteiger partial charge in [0, 0.05) is 12.2 Å². The largest absolute Gasteiger partial charge is 0.481 e. The maximum Gasteiger partial charge on any atom is 0.305 e. The zero-order chi connectivity index (χ0) is 10.7. The number of hydrogen-bond acceptors (Lipinski definition) is 2. The number of nitrogens with one attached hydrogen (secondary N) is 1. The van der Waals surface area contributed by atoms with Crippen molar-refractivity contribution in [1.29, 1.82) is 0 Å². The minimum Gasteiger partial charge on any atom is -0.481 e. The lowest BCUT2D eigenvalue weighted by atomic mass is 10.1. The van der Waals surface area contributed by atoms with Gasteiger partial charge in [0.05, 0.1) is 6.42 Å². The number of aliphatic carboxylic acids is 1. The molecular formula is C12H15NO2. The average molecular weight is 205 g/mol. The van der Waals surface area contributed by atoms with Crippen molar-refractivity contribution < 1.29 is 9.90 Å². The first kappa shape index (κ1) is 10.0. The molecule has 0 atom stereocenters. The first-order valence-electron chi connectivity index (χ1n) is 5.33. The van der Waals surface area contributed by atoms with Gasteiger partial charge in [-0.3, -0.25) is 4.79 Å². The molecule has 0 radical (unpaired) electrons. The Balaban J connectivity index is 1.95. The van der Waals surface area contributed by atoms with E-state index in [4.69, 9.17) is 5.11 Å². The van der Waals surface area contributed by atoms with Crippen LogP contribution in [0.3, 0.4) is 0 Å². The van der Waals surface area contributed by atoms with E-state index in [9.17, 15) is 4.79 Å². The van der Waals surface area contributed by atoms with Crippen molar-refractivity contribution in [2.45, 2.75) is 25.7 Å². The zero-order valence-electron chi connectivity index (χ0n) is 8.62. The Morgan fingerprint density at radius 3 is 2.93 bits per heavy atom. The van der Waals surface area contributed by atoms with Crippen LogP contribution in [0.15, 0.2) is 18.2 Å². The minimum absolute atomic E-state index is 0.164. The molecule has 0 saturated heterocycles. The van der Waals surface area contributed by atoms with Gasteiger partial charge < -0.3 is 10.4 Å². The Morgan fingerprint density at radius 1 is 1.33 bits per heavy atom. The van der Waals surface area contributed by atoms with Gasteiger partial charge in [0.25, 0.3) is 0 Å². The van der Waals surface area contributed by atoms with Crippen LogP contribution in [0.25, 0.3) is 0 Å². The van der Waals surface area contributed by atoms with Crippen LogP contribution in [0.2, 0.25) is 0 Å². The topological polar surface area (TPSA) is 49.3 Å². The molecule has 2 N–H and O–H groups in total. The molecule has 0 heterocycles. The summed E-state index contributed by atoms with van der Waals surface area (Å²) in [4.78, 5) is 10.3. The van der Waals surface area contributed by atoms with Gasteiger partial charge in [0.15, 0.2) is 0 Å². The first-order valence-corrected chi connectivity index (χ1v) is 5.33. The van der Waals surface area contributed by atoms with E-state index >= 15 is 0 Å². The fourth-order valence-corrected chi connectivity index (χ4v) is 2.00. The summed E-state index contributed by atoms with van der Waals surface area (Å²) in [5.74, 6) is -0.760. The predicted octanol–water partition coefficient (Wildman–Crippen LogP) is 2.06. The molecule has 1 aromatic carbocycles. The van der Waals surface area contributed by atoms with Crippen LogP contribution in [-0.2, 0) is 17.6 Å². The van der Waals surface area contributed by atoms with E-state index < -0.39 is 5.97 Å². The third-order valence-electron chi connectivity index (χ3n) is 2.77. The van der Waals surface area contributed by atoms with E-state index in [0.29, 0.717) is 6.54 Å². The molecule has 2 rings (SSSR count). The van der Waals surface area contributed by atoms with Crippen LogP contribution in [0.1, 0.15) is 24.0 Å². The number of benzene rings is 1. The van der Waals surface area contributed by atoms with Crippen molar-refractivity contribution in [3.63, 3.8) is 0 Å². The maximum atomic E-state index is 10.3. The van der Waals surface area contributed by atoms with Gasteiger partial charge in [-0.2, -0.15) is 0 Å². The molecule has 0 aliphatic heterocycles. The second-order valence-corrected chi connectivity index (χ2v) is 3.91. The van der Waals surface area contributed by atoms with Crippen LogP contribution < -0.4 is 5.32 Å². The first-order chi connectivity index (χ1) is 7.25. The van der Waals surface area contributed by atoms with Gasteiger partial charge in [-0.25, -0.2) is 0 Å². The summed E-state index contributed by atoms with van der Waals surface area (Å²) < 4.78 is 0. The SMILES string of the molecule is O=C(O)CCNc1ccc2c(c1)CCC2. The zero-order valence-corrected chi connectivity index (χ0v) is 8.62. The number of carboxylic acids is 1. The highest BCUT2D eigenvalue weighted by molar-refractivity contribution is 5.67. The second kappa shape index (κ2) is 4.34. The monoisotopic (exact) mass is 205 g/mol. The highest BCUT2D eigenvalue weighted by Gasteiger charge is 2.10. The van der Waals surface area contributed by atoms with Gasteiger partial charge in [0.2, 0.25) is 0 Å². The van der Waals surface area contributed by atoms with Crippen molar-refractivity contribution in [2.75, 3.05) is 11.9 Å².